The maximum Gasteiger partial charge on any atom is 0.247 e. The number of nitrogens with zero attached hydrogens (tertiary/aromatic N) is 1. The molecule has 0 saturated carbocycles. The van der Waals surface area contributed by atoms with Gasteiger partial charge in [-0.2, -0.15) is 0 Å². The van der Waals surface area contributed by atoms with Gasteiger partial charge in [-0.05, 0) is 24.0 Å². The molecular weight excluding hydrogens is 252 g/mol. The van der Waals surface area contributed by atoms with Crippen LogP contribution in [0.2, 0.25) is 0 Å². The van der Waals surface area contributed by atoms with Gasteiger partial charge in [-0.25, -0.2) is 0 Å². The van der Waals surface area contributed by atoms with Gasteiger partial charge in [0.05, 0.1) is 6.42 Å². The van der Waals surface area contributed by atoms with Crippen molar-refractivity contribution in [3.05, 3.63) is 35.4 Å². The van der Waals surface area contributed by atoms with Crippen LogP contribution in [0.25, 0.3) is 0 Å². The molecule has 0 spiro atoms. The predicted molar refractivity (Wildman–Crippen MR) is 78.2 cm³/mol. The second kappa shape index (κ2) is 6.55. The van der Waals surface area contributed by atoms with Crippen molar-refractivity contribution >= 4 is 11.8 Å². The van der Waals surface area contributed by atoms with E-state index in [1.54, 1.807) is 4.90 Å². The molecular formula is C16H22N2O2. The van der Waals surface area contributed by atoms with Gasteiger partial charge in [0.25, 0.3) is 0 Å². The minimum atomic E-state index is -0.473. The van der Waals surface area contributed by atoms with Gasteiger partial charge in [0, 0.05) is 13.1 Å². The van der Waals surface area contributed by atoms with Crippen LogP contribution in [-0.2, 0) is 16.0 Å². The molecule has 108 valence electrons. The van der Waals surface area contributed by atoms with Gasteiger partial charge in [0.2, 0.25) is 11.8 Å². The van der Waals surface area contributed by atoms with E-state index in [2.05, 4.69) is 5.32 Å². The van der Waals surface area contributed by atoms with E-state index in [0.29, 0.717) is 19.5 Å². The normalized spacial score (nSPS) is 17.8. The minimum absolute atomic E-state index is 0.0437. The fourth-order valence-corrected chi connectivity index (χ4v) is 2.66. The zero-order valence-corrected chi connectivity index (χ0v) is 12.2. The van der Waals surface area contributed by atoms with Crippen LogP contribution in [0, 0.1) is 0 Å². The number of nitrogens with one attached hydrogen (secondary N) is 1. The van der Waals surface area contributed by atoms with Gasteiger partial charge >= 0.3 is 0 Å². The van der Waals surface area contributed by atoms with Crippen LogP contribution in [0.15, 0.2) is 24.3 Å². The van der Waals surface area contributed by atoms with E-state index in [1.165, 1.54) is 0 Å². The van der Waals surface area contributed by atoms with Crippen LogP contribution < -0.4 is 5.32 Å². The lowest BCUT2D eigenvalue weighted by molar-refractivity contribution is -0.141. The van der Waals surface area contributed by atoms with Gasteiger partial charge in [-0.15, -0.1) is 0 Å². The minimum Gasteiger partial charge on any atom is -0.354 e. The Hall–Kier alpha value is -1.84. The predicted octanol–water partition coefficient (Wildman–Crippen LogP) is 2.05. The lowest BCUT2D eigenvalue weighted by atomic mass is 9.91. The summed E-state index contributed by atoms with van der Waals surface area (Å²) < 4.78 is 0. The zero-order chi connectivity index (χ0) is 14.5. The van der Waals surface area contributed by atoms with Crippen LogP contribution in [-0.4, -0.2) is 29.8 Å². The Morgan fingerprint density at radius 2 is 2.05 bits per heavy atom. The molecule has 0 aromatic heterocycles. The molecule has 20 heavy (non-hydrogen) atoms. The smallest absolute Gasteiger partial charge is 0.247 e. The SMILES string of the molecule is CCCNC(=O)C1c2ccccc2CC(=O)N1CCC. The number of carbonyl (C=O) groups excluding carboxylic acids is 2. The molecule has 2 rings (SSSR count). The van der Waals surface area contributed by atoms with E-state index in [-0.39, 0.29) is 11.8 Å². The maximum atomic E-state index is 12.4. The van der Waals surface area contributed by atoms with Crippen LogP contribution in [0.5, 0.6) is 0 Å². The summed E-state index contributed by atoms with van der Waals surface area (Å²) >= 11 is 0. The van der Waals surface area contributed by atoms with E-state index in [4.69, 9.17) is 0 Å². The van der Waals surface area contributed by atoms with Crippen molar-refractivity contribution in [1.29, 1.82) is 0 Å². The van der Waals surface area contributed by atoms with E-state index in [9.17, 15) is 9.59 Å². The standard InChI is InChI=1S/C16H22N2O2/c1-3-9-17-16(20)15-13-8-6-5-7-12(13)11-14(19)18(15)10-4-2/h5-8,15H,3-4,9-11H2,1-2H3,(H,17,20). The summed E-state index contributed by atoms with van der Waals surface area (Å²) in [6.07, 6.45) is 2.14. The number of hydrogen-bond acceptors (Lipinski definition) is 2. The number of rotatable bonds is 5. The number of carbonyl (C=O) groups is 2. The highest BCUT2D eigenvalue weighted by atomic mass is 16.2. The first kappa shape index (κ1) is 14.6. The monoisotopic (exact) mass is 274 g/mol. The summed E-state index contributed by atoms with van der Waals surface area (Å²) in [6.45, 7) is 5.31. The number of benzene rings is 1. The Morgan fingerprint density at radius 3 is 2.75 bits per heavy atom. The summed E-state index contributed by atoms with van der Waals surface area (Å²) in [4.78, 5) is 26.4. The second-order valence-electron chi connectivity index (χ2n) is 5.16. The lowest BCUT2D eigenvalue weighted by Crippen LogP contribution is -2.47. The average molecular weight is 274 g/mol. The maximum absolute atomic E-state index is 12.4. The highest BCUT2D eigenvalue weighted by Crippen LogP contribution is 2.30. The molecule has 0 aliphatic carbocycles. The Balaban J connectivity index is 2.35. The summed E-state index contributed by atoms with van der Waals surface area (Å²) in [5, 5.41) is 2.92. The third kappa shape index (κ3) is 2.84. The van der Waals surface area contributed by atoms with Crippen molar-refractivity contribution in [3.63, 3.8) is 0 Å². The number of hydrogen-bond donors (Lipinski definition) is 1. The van der Waals surface area contributed by atoms with Crippen LogP contribution in [0.4, 0.5) is 0 Å². The Kier molecular flexibility index (Phi) is 4.77. The van der Waals surface area contributed by atoms with E-state index in [1.807, 2.05) is 38.1 Å². The molecule has 4 heteroatoms. The van der Waals surface area contributed by atoms with Gasteiger partial charge in [0.1, 0.15) is 6.04 Å². The second-order valence-corrected chi connectivity index (χ2v) is 5.16. The lowest BCUT2D eigenvalue weighted by Gasteiger charge is -2.36. The molecule has 2 amide bonds. The van der Waals surface area contributed by atoms with Crippen molar-refractivity contribution in [1.82, 2.24) is 10.2 Å². The largest absolute Gasteiger partial charge is 0.354 e. The molecule has 0 radical (unpaired) electrons. The molecule has 4 nitrogen and oxygen atoms in total. The van der Waals surface area contributed by atoms with E-state index in [0.717, 1.165) is 24.0 Å². The Labute approximate surface area is 120 Å². The van der Waals surface area contributed by atoms with Crippen molar-refractivity contribution in [2.75, 3.05) is 13.1 Å². The van der Waals surface area contributed by atoms with Crippen molar-refractivity contribution in [3.8, 4) is 0 Å². The van der Waals surface area contributed by atoms with Crippen LogP contribution in [0.1, 0.15) is 43.9 Å². The van der Waals surface area contributed by atoms with Gasteiger partial charge < -0.3 is 10.2 Å². The molecule has 1 N–H and O–H groups in total. The van der Waals surface area contributed by atoms with Crippen molar-refractivity contribution < 1.29 is 9.59 Å². The number of fused-ring (bicyclic) bond motifs is 1. The first-order valence-corrected chi connectivity index (χ1v) is 7.34. The average Bonchev–Trinajstić information content (AvgIpc) is 2.45. The molecule has 0 fully saturated rings. The fraction of sp³-hybridized carbons (Fsp3) is 0.500. The molecule has 1 atom stereocenters. The molecule has 0 saturated heterocycles. The van der Waals surface area contributed by atoms with Gasteiger partial charge in [-0.1, -0.05) is 38.1 Å². The summed E-state index contributed by atoms with van der Waals surface area (Å²) in [7, 11) is 0. The Bertz CT molecular complexity index is 499. The zero-order valence-electron chi connectivity index (χ0n) is 12.2. The molecule has 1 aromatic carbocycles. The van der Waals surface area contributed by atoms with Crippen LogP contribution >= 0.6 is 0 Å². The van der Waals surface area contributed by atoms with Crippen molar-refractivity contribution in [2.24, 2.45) is 0 Å². The molecule has 1 aromatic rings. The molecule has 0 bridgehead atoms. The molecule has 1 aliphatic heterocycles. The van der Waals surface area contributed by atoms with Gasteiger partial charge in [0.15, 0.2) is 0 Å². The first-order valence-electron chi connectivity index (χ1n) is 7.34. The number of amides is 2. The summed E-state index contributed by atoms with van der Waals surface area (Å²) in [5.74, 6) is -0.0250. The highest BCUT2D eigenvalue weighted by Gasteiger charge is 2.36. The van der Waals surface area contributed by atoms with Crippen LogP contribution in [0.3, 0.4) is 0 Å². The van der Waals surface area contributed by atoms with Crippen molar-refractivity contribution in [2.45, 2.75) is 39.2 Å². The van der Waals surface area contributed by atoms with Gasteiger partial charge in [-0.3, -0.25) is 9.59 Å². The molecule has 1 unspecified atom stereocenters. The Morgan fingerprint density at radius 1 is 1.30 bits per heavy atom. The third-order valence-electron chi connectivity index (χ3n) is 3.59. The first-order chi connectivity index (χ1) is 9.69. The molecule has 1 heterocycles. The summed E-state index contributed by atoms with van der Waals surface area (Å²) in [6, 6.07) is 7.28. The summed E-state index contributed by atoms with van der Waals surface area (Å²) in [5.41, 5.74) is 1.94. The van der Waals surface area contributed by atoms with E-state index >= 15 is 0 Å². The topological polar surface area (TPSA) is 49.4 Å². The van der Waals surface area contributed by atoms with E-state index < -0.39 is 6.04 Å². The molecule has 1 aliphatic rings. The fourth-order valence-electron chi connectivity index (χ4n) is 2.66. The third-order valence-corrected chi connectivity index (χ3v) is 3.59. The highest BCUT2D eigenvalue weighted by molar-refractivity contribution is 5.92. The quantitative estimate of drug-likeness (QED) is 0.893.